The Bertz CT molecular complexity index is 1280. The number of nitrogens with zero attached hydrogens (tertiary/aromatic N) is 3. The van der Waals surface area contributed by atoms with Gasteiger partial charge in [-0.05, 0) is 64.2 Å². The molecule has 0 fully saturated rings. The summed E-state index contributed by atoms with van der Waals surface area (Å²) in [7, 11) is 0. The summed E-state index contributed by atoms with van der Waals surface area (Å²) >= 11 is 2.71. The average Bonchev–Trinajstić information content (AvgIpc) is 3.44. The molecule has 0 aliphatic heterocycles. The van der Waals surface area contributed by atoms with Gasteiger partial charge in [0.15, 0.2) is 5.16 Å². The van der Waals surface area contributed by atoms with Crippen molar-refractivity contribution >= 4 is 51.6 Å². The molecule has 0 saturated carbocycles. The number of amides is 2. The maximum absolute atomic E-state index is 12.8. The second-order valence-electron chi connectivity index (χ2n) is 8.71. The number of rotatable bonds is 10. The zero-order valence-corrected chi connectivity index (χ0v) is 22.9. The summed E-state index contributed by atoms with van der Waals surface area (Å²) < 4.78 is 7.10. The molecule has 4 rings (SSSR count). The van der Waals surface area contributed by atoms with E-state index in [0.717, 1.165) is 47.4 Å². The molecule has 37 heavy (non-hydrogen) atoms. The number of hydrogen-bond acceptors (Lipinski definition) is 8. The number of aromatic nitrogens is 3. The molecule has 3 aromatic rings. The number of hydrogen-bond donors (Lipinski definition) is 2. The third kappa shape index (κ3) is 6.58. The quantitative estimate of drug-likeness (QED) is 0.284. The maximum Gasteiger partial charge on any atom is 0.341 e. The van der Waals surface area contributed by atoms with Gasteiger partial charge in [0.05, 0.1) is 24.3 Å². The number of anilines is 2. The molecule has 11 heteroatoms. The zero-order chi connectivity index (χ0) is 26.4. The Morgan fingerprint density at radius 1 is 1.05 bits per heavy atom. The summed E-state index contributed by atoms with van der Waals surface area (Å²) in [6.45, 7) is 6.55. The van der Waals surface area contributed by atoms with Crippen LogP contribution in [0.5, 0.6) is 0 Å². The standard InChI is InChI=1S/C26H31N5O4S2/c1-4-31-20(14-21(32)27-17-12-10-16(3)11-13-17)29-30-26(31)36-15-22(33)28-24-23(25(34)35-5-2)18-8-6-7-9-19(18)37-24/h10-13H,4-9,14-15H2,1-3H3,(H,27,32)(H,28,33). The van der Waals surface area contributed by atoms with Crippen LogP contribution in [0, 0.1) is 6.92 Å². The minimum absolute atomic E-state index is 0.0745. The third-order valence-corrected chi connectivity index (χ3v) is 8.17. The van der Waals surface area contributed by atoms with Crippen LogP contribution < -0.4 is 10.6 Å². The van der Waals surface area contributed by atoms with Gasteiger partial charge in [-0.15, -0.1) is 21.5 Å². The van der Waals surface area contributed by atoms with Crippen LogP contribution in [-0.4, -0.2) is 44.9 Å². The van der Waals surface area contributed by atoms with E-state index in [2.05, 4.69) is 20.8 Å². The van der Waals surface area contributed by atoms with Gasteiger partial charge in [0.25, 0.3) is 0 Å². The van der Waals surface area contributed by atoms with Crippen LogP contribution in [0.3, 0.4) is 0 Å². The minimum atomic E-state index is -0.385. The van der Waals surface area contributed by atoms with Gasteiger partial charge in [-0.1, -0.05) is 29.5 Å². The SMILES string of the molecule is CCOC(=O)c1c(NC(=O)CSc2nnc(CC(=O)Nc3ccc(C)cc3)n2CC)sc2c1CCCC2. The first-order chi connectivity index (χ1) is 17.9. The van der Waals surface area contributed by atoms with Crippen LogP contribution in [0.4, 0.5) is 10.7 Å². The molecule has 2 aromatic heterocycles. The molecular formula is C26H31N5O4S2. The molecule has 2 heterocycles. The molecular weight excluding hydrogens is 510 g/mol. The van der Waals surface area contributed by atoms with Crippen LogP contribution in [0.15, 0.2) is 29.4 Å². The zero-order valence-electron chi connectivity index (χ0n) is 21.3. The van der Waals surface area contributed by atoms with Gasteiger partial charge in [0, 0.05) is 17.1 Å². The third-order valence-electron chi connectivity index (χ3n) is 6.00. The highest BCUT2D eigenvalue weighted by Crippen LogP contribution is 2.38. The highest BCUT2D eigenvalue weighted by Gasteiger charge is 2.27. The second kappa shape index (κ2) is 12.4. The molecule has 0 radical (unpaired) electrons. The van der Waals surface area contributed by atoms with Gasteiger partial charge in [-0.25, -0.2) is 4.79 Å². The number of esters is 1. The molecule has 1 aliphatic carbocycles. The first-order valence-corrected chi connectivity index (χ1v) is 14.2. The molecule has 2 amide bonds. The molecule has 1 aliphatic rings. The van der Waals surface area contributed by atoms with E-state index in [4.69, 9.17) is 4.74 Å². The number of benzene rings is 1. The lowest BCUT2D eigenvalue weighted by Crippen LogP contribution is -2.18. The van der Waals surface area contributed by atoms with Crippen molar-refractivity contribution in [2.24, 2.45) is 0 Å². The van der Waals surface area contributed by atoms with Crippen molar-refractivity contribution in [3.05, 3.63) is 51.7 Å². The van der Waals surface area contributed by atoms with Gasteiger partial charge in [-0.3, -0.25) is 9.59 Å². The number of aryl methyl sites for hydroxylation is 2. The normalized spacial score (nSPS) is 12.6. The van der Waals surface area contributed by atoms with Crippen molar-refractivity contribution < 1.29 is 19.1 Å². The summed E-state index contributed by atoms with van der Waals surface area (Å²) in [5, 5.41) is 15.3. The summed E-state index contributed by atoms with van der Waals surface area (Å²) in [5.41, 5.74) is 3.35. The Kier molecular flexibility index (Phi) is 8.99. The van der Waals surface area contributed by atoms with Crippen LogP contribution in [0.1, 0.15) is 58.9 Å². The van der Waals surface area contributed by atoms with Gasteiger partial charge < -0.3 is 19.9 Å². The highest BCUT2D eigenvalue weighted by atomic mass is 32.2. The lowest BCUT2D eigenvalue weighted by Gasteiger charge is -2.12. The van der Waals surface area contributed by atoms with E-state index >= 15 is 0 Å². The van der Waals surface area contributed by atoms with Crippen molar-refractivity contribution in [1.29, 1.82) is 0 Å². The van der Waals surface area contributed by atoms with Crippen molar-refractivity contribution in [2.45, 2.75) is 64.6 Å². The van der Waals surface area contributed by atoms with E-state index in [-0.39, 0.29) is 36.6 Å². The molecule has 0 bridgehead atoms. The molecule has 196 valence electrons. The summed E-state index contributed by atoms with van der Waals surface area (Å²) in [6, 6.07) is 7.58. The number of carbonyl (C=O) groups excluding carboxylic acids is 3. The summed E-state index contributed by atoms with van der Waals surface area (Å²) in [6.07, 6.45) is 3.92. The van der Waals surface area contributed by atoms with Crippen LogP contribution in [-0.2, 0) is 40.1 Å². The Balaban J connectivity index is 1.39. The van der Waals surface area contributed by atoms with E-state index in [0.29, 0.717) is 28.1 Å². The fourth-order valence-corrected chi connectivity index (χ4v) is 6.34. The Hall–Kier alpha value is -3.18. The predicted molar refractivity (Wildman–Crippen MR) is 145 cm³/mol. The molecule has 0 spiro atoms. The molecule has 9 nitrogen and oxygen atoms in total. The fraction of sp³-hybridized carbons (Fsp3) is 0.423. The number of fused-ring (bicyclic) bond motifs is 1. The fourth-order valence-electron chi connectivity index (χ4n) is 4.23. The Morgan fingerprint density at radius 3 is 2.54 bits per heavy atom. The lowest BCUT2D eigenvalue weighted by molar-refractivity contribution is -0.116. The number of thioether (sulfide) groups is 1. The van der Waals surface area contributed by atoms with Gasteiger partial charge in [-0.2, -0.15) is 0 Å². The first kappa shape index (κ1) is 26.9. The maximum atomic E-state index is 12.8. The van der Waals surface area contributed by atoms with Gasteiger partial charge >= 0.3 is 5.97 Å². The predicted octanol–water partition coefficient (Wildman–Crippen LogP) is 4.64. The minimum Gasteiger partial charge on any atom is -0.462 e. The largest absolute Gasteiger partial charge is 0.462 e. The van der Waals surface area contributed by atoms with E-state index in [9.17, 15) is 14.4 Å². The van der Waals surface area contributed by atoms with E-state index in [1.54, 1.807) is 6.92 Å². The lowest BCUT2D eigenvalue weighted by atomic mass is 9.95. The topological polar surface area (TPSA) is 115 Å². The number of nitrogens with one attached hydrogen (secondary N) is 2. The van der Waals surface area contributed by atoms with Gasteiger partial charge in [0.2, 0.25) is 11.8 Å². The number of carbonyl (C=O) groups is 3. The molecule has 0 atom stereocenters. The highest BCUT2D eigenvalue weighted by molar-refractivity contribution is 7.99. The van der Waals surface area contributed by atoms with Crippen molar-refractivity contribution in [1.82, 2.24) is 14.8 Å². The van der Waals surface area contributed by atoms with E-state index in [1.165, 1.54) is 23.1 Å². The Labute approximate surface area is 224 Å². The second-order valence-corrected chi connectivity index (χ2v) is 10.8. The van der Waals surface area contributed by atoms with Crippen LogP contribution >= 0.6 is 23.1 Å². The van der Waals surface area contributed by atoms with Crippen molar-refractivity contribution in [2.75, 3.05) is 23.0 Å². The average molecular weight is 542 g/mol. The van der Waals surface area contributed by atoms with E-state index in [1.807, 2.05) is 42.7 Å². The van der Waals surface area contributed by atoms with Crippen molar-refractivity contribution in [3.8, 4) is 0 Å². The molecule has 1 aromatic carbocycles. The van der Waals surface area contributed by atoms with E-state index < -0.39 is 0 Å². The molecule has 0 saturated heterocycles. The Morgan fingerprint density at radius 2 is 1.81 bits per heavy atom. The first-order valence-electron chi connectivity index (χ1n) is 12.4. The number of ether oxygens (including phenoxy) is 1. The summed E-state index contributed by atoms with van der Waals surface area (Å²) in [5.74, 6) is -0.181. The van der Waals surface area contributed by atoms with Crippen LogP contribution in [0.2, 0.25) is 0 Å². The van der Waals surface area contributed by atoms with Crippen LogP contribution in [0.25, 0.3) is 0 Å². The molecule has 2 N–H and O–H groups in total. The summed E-state index contributed by atoms with van der Waals surface area (Å²) in [4.78, 5) is 39.2. The number of thiophene rings is 1. The molecule has 0 unspecified atom stereocenters. The van der Waals surface area contributed by atoms with Gasteiger partial charge in [0.1, 0.15) is 10.8 Å². The monoisotopic (exact) mass is 541 g/mol. The van der Waals surface area contributed by atoms with Crippen molar-refractivity contribution in [3.63, 3.8) is 0 Å². The smallest absolute Gasteiger partial charge is 0.341 e.